The van der Waals surface area contributed by atoms with Gasteiger partial charge in [-0.1, -0.05) is 18.2 Å². The Morgan fingerprint density at radius 2 is 1.73 bits per heavy atom. The molecule has 4 heteroatoms. The third-order valence-electron chi connectivity index (χ3n) is 4.02. The van der Waals surface area contributed by atoms with Crippen LogP contribution in [0.5, 0.6) is 0 Å². The van der Waals surface area contributed by atoms with E-state index >= 15 is 0 Å². The van der Waals surface area contributed by atoms with E-state index in [1.807, 2.05) is 36.4 Å². The molecule has 2 aromatic rings. The maximum Gasteiger partial charge on any atom is 0.255 e. The van der Waals surface area contributed by atoms with Crippen molar-refractivity contribution in [1.29, 1.82) is 0 Å². The fourth-order valence-corrected chi connectivity index (χ4v) is 2.85. The van der Waals surface area contributed by atoms with Gasteiger partial charge in [-0.2, -0.15) is 0 Å². The first-order valence-electron chi connectivity index (χ1n) is 7.75. The standard InChI is InChI=1S/C18H21N3O/c19-16-13-15(20-18(22)14-7-3-1-4-8-14)9-10-17(16)21-11-5-2-6-12-21/h1,3-4,7-10,13H,2,5-6,11-12,19H2,(H,20,22). The van der Waals surface area contributed by atoms with Crippen molar-refractivity contribution in [2.24, 2.45) is 0 Å². The topological polar surface area (TPSA) is 58.4 Å². The molecule has 0 spiro atoms. The summed E-state index contributed by atoms with van der Waals surface area (Å²) in [6, 6.07) is 14.9. The number of nitrogens with one attached hydrogen (secondary N) is 1. The number of piperidine rings is 1. The summed E-state index contributed by atoms with van der Waals surface area (Å²) in [7, 11) is 0. The van der Waals surface area contributed by atoms with E-state index in [1.54, 1.807) is 12.1 Å². The molecular weight excluding hydrogens is 274 g/mol. The first-order chi connectivity index (χ1) is 10.7. The van der Waals surface area contributed by atoms with Gasteiger partial charge in [-0.05, 0) is 49.6 Å². The number of carbonyl (C=O) groups is 1. The van der Waals surface area contributed by atoms with Crippen LogP contribution in [-0.2, 0) is 0 Å². The number of anilines is 3. The smallest absolute Gasteiger partial charge is 0.255 e. The van der Waals surface area contributed by atoms with Crippen LogP contribution in [0, 0.1) is 0 Å². The molecule has 0 saturated carbocycles. The fourth-order valence-electron chi connectivity index (χ4n) is 2.85. The van der Waals surface area contributed by atoms with Crippen molar-refractivity contribution in [2.75, 3.05) is 29.0 Å². The zero-order valence-electron chi connectivity index (χ0n) is 12.6. The Morgan fingerprint density at radius 3 is 2.41 bits per heavy atom. The molecule has 0 aliphatic carbocycles. The highest BCUT2D eigenvalue weighted by Gasteiger charge is 2.14. The fraction of sp³-hybridized carbons (Fsp3) is 0.278. The summed E-state index contributed by atoms with van der Waals surface area (Å²) in [5.74, 6) is -0.120. The quantitative estimate of drug-likeness (QED) is 0.852. The molecule has 1 amide bonds. The maximum atomic E-state index is 12.1. The van der Waals surface area contributed by atoms with Crippen LogP contribution in [-0.4, -0.2) is 19.0 Å². The molecule has 3 rings (SSSR count). The van der Waals surface area contributed by atoms with E-state index in [2.05, 4.69) is 10.2 Å². The molecule has 114 valence electrons. The first-order valence-corrected chi connectivity index (χ1v) is 7.75. The maximum absolute atomic E-state index is 12.1. The van der Waals surface area contributed by atoms with Crippen molar-refractivity contribution < 1.29 is 4.79 Å². The molecule has 0 aromatic heterocycles. The first kappa shape index (κ1) is 14.4. The van der Waals surface area contributed by atoms with Crippen LogP contribution < -0.4 is 16.0 Å². The Balaban J connectivity index is 1.73. The SMILES string of the molecule is Nc1cc(NC(=O)c2ccccc2)ccc1N1CCCCC1. The van der Waals surface area contributed by atoms with Gasteiger partial charge in [0.05, 0.1) is 11.4 Å². The summed E-state index contributed by atoms with van der Waals surface area (Å²) in [5.41, 5.74) is 9.33. The highest BCUT2D eigenvalue weighted by molar-refractivity contribution is 6.04. The van der Waals surface area contributed by atoms with Crippen LogP contribution in [0.4, 0.5) is 17.1 Å². The van der Waals surface area contributed by atoms with Crippen LogP contribution in [0.2, 0.25) is 0 Å². The highest BCUT2D eigenvalue weighted by Crippen LogP contribution is 2.29. The van der Waals surface area contributed by atoms with Gasteiger partial charge in [0.2, 0.25) is 0 Å². The Labute approximate surface area is 130 Å². The lowest BCUT2D eigenvalue weighted by atomic mass is 10.1. The average molecular weight is 295 g/mol. The highest BCUT2D eigenvalue weighted by atomic mass is 16.1. The zero-order chi connectivity index (χ0) is 15.4. The molecule has 0 atom stereocenters. The van der Waals surface area contributed by atoms with Crippen molar-refractivity contribution in [3.63, 3.8) is 0 Å². The van der Waals surface area contributed by atoms with E-state index in [-0.39, 0.29) is 5.91 Å². The molecule has 1 heterocycles. The third-order valence-corrected chi connectivity index (χ3v) is 4.02. The van der Waals surface area contributed by atoms with Crippen LogP contribution in [0.25, 0.3) is 0 Å². The minimum atomic E-state index is -0.120. The number of hydrogen-bond acceptors (Lipinski definition) is 3. The van der Waals surface area contributed by atoms with Gasteiger partial charge >= 0.3 is 0 Å². The second-order valence-corrected chi connectivity index (χ2v) is 5.64. The molecule has 1 aliphatic heterocycles. The Hall–Kier alpha value is -2.49. The van der Waals surface area contributed by atoms with Crippen LogP contribution in [0.15, 0.2) is 48.5 Å². The van der Waals surface area contributed by atoms with E-state index in [0.29, 0.717) is 11.3 Å². The van der Waals surface area contributed by atoms with Gasteiger partial charge in [0.25, 0.3) is 5.91 Å². The van der Waals surface area contributed by atoms with E-state index < -0.39 is 0 Å². The van der Waals surface area contributed by atoms with Gasteiger partial charge in [0, 0.05) is 24.3 Å². The molecule has 2 aromatic carbocycles. The molecule has 1 saturated heterocycles. The van der Waals surface area contributed by atoms with Gasteiger partial charge in [-0.15, -0.1) is 0 Å². The minimum Gasteiger partial charge on any atom is -0.397 e. The van der Waals surface area contributed by atoms with Gasteiger partial charge < -0.3 is 16.0 Å². The summed E-state index contributed by atoms with van der Waals surface area (Å²) in [6.07, 6.45) is 3.72. The average Bonchev–Trinajstić information content (AvgIpc) is 2.56. The predicted octanol–water partition coefficient (Wildman–Crippen LogP) is 3.51. The van der Waals surface area contributed by atoms with E-state index in [0.717, 1.165) is 24.5 Å². The summed E-state index contributed by atoms with van der Waals surface area (Å²) >= 11 is 0. The molecule has 4 nitrogen and oxygen atoms in total. The number of rotatable bonds is 3. The number of carbonyl (C=O) groups excluding carboxylic acids is 1. The number of hydrogen-bond donors (Lipinski definition) is 2. The van der Waals surface area contributed by atoms with Gasteiger partial charge in [0.1, 0.15) is 0 Å². The molecule has 1 aliphatic rings. The summed E-state index contributed by atoms with van der Waals surface area (Å²) in [4.78, 5) is 14.5. The van der Waals surface area contributed by atoms with Crippen LogP contribution in [0.1, 0.15) is 29.6 Å². The summed E-state index contributed by atoms with van der Waals surface area (Å²) in [5, 5.41) is 2.89. The van der Waals surface area contributed by atoms with Gasteiger partial charge in [0.15, 0.2) is 0 Å². The number of nitrogen functional groups attached to an aromatic ring is 1. The second-order valence-electron chi connectivity index (χ2n) is 5.64. The number of amides is 1. The van der Waals surface area contributed by atoms with Crippen molar-refractivity contribution >= 4 is 23.0 Å². The van der Waals surface area contributed by atoms with Crippen molar-refractivity contribution in [2.45, 2.75) is 19.3 Å². The molecule has 22 heavy (non-hydrogen) atoms. The third kappa shape index (κ3) is 3.22. The van der Waals surface area contributed by atoms with E-state index in [1.165, 1.54) is 19.3 Å². The molecular formula is C18H21N3O. The number of nitrogens with two attached hydrogens (primary N) is 1. The Morgan fingerprint density at radius 1 is 1.00 bits per heavy atom. The number of nitrogens with zero attached hydrogens (tertiary/aromatic N) is 1. The Bertz CT molecular complexity index is 649. The molecule has 1 fully saturated rings. The monoisotopic (exact) mass is 295 g/mol. The molecule has 0 unspecified atom stereocenters. The van der Waals surface area contributed by atoms with Crippen molar-refractivity contribution in [3.8, 4) is 0 Å². The van der Waals surface area contributed by atoms with E-state index in [9.17, 15) is 4.79 Å². The van der Waals surface area contributed by atoms with Crippen molar-refractivity contribution in [3.05, 3.63) is 54.1 Å². The van der Waals surface area contributed by atoms with Gasteiger partial charge in [-0.3, -0.25) is 4.79 Å². The van der Waals surface area contributed by atoms with Crippen LogP contribution in [0.3, 0.4) is 0 Å². The lowest BCUT2D eigenvalue weighted by Crippen LogP contribution is -2.30. The van der Waals surface area contributed by atoms with Crippen molar-refractivity contribution in [1.82, 2.24) is 0 Å². The minimum absolute atomic E-state index is 0.120. The summed E-state index contributed by atoms with van der Waals surface area (Å²) < 4.78 is 0. The zero-order valence-corrected chi connectivity index (χ0v) is 12.6. The molecule has 3 N–H and O–H groups in total. The largest absolute Gasteiger partial charge is 0.397 e. The molecule has 0 bridgehead atoms. The predicted molar refractivity (Wildman–Crippen MR) is 91.3 cm³/mol. The lowest BCUT2D eigenvalue weighted by Gasteiger charge is -2.30. The number of benzene rings is 2. The van der Waals surface area contributed by atoms with Crippen LogP contribution >= 0.6 is 0 Å². The lowest BCUT2D eigenvalue weighted by molar-refractivity contribution is 0.102. The normalized spacial score (nSPS) is 14.6. The Kier molecular flexibility index (Phi) is 4.28. The van der Waals surface area contributed by atoms with Gasteiger partial charge in [-0.25, -0.2) is 0 Å². The molecule has 0 radical (unpaired) electrons. The van der Waals surface area contributed by atoms with E-state index in [4.69, 9.17) is 5.73 Å². The summed E-state index contributed by atoms with van der Waals surface area (Å²) in [6.45, 7) is 2.11. The second kappa shape index (κ2) is 6.52.